The van der Waals surface area contributed by atoms with Crippen molar-refractivity contribution in [3.05, 3.63) is 77.4 Å². The Morgan fingerprint density at radius 1 is 1.05 bits per heavy atom. The Morgan fingerprint density at radius 2 is 1.77 bits per heavy atom. The Balaban J connectivity index is 1.83. The van der Waals surface area contributed by atoms with Crippen molar-refractivity contribution in [2.75, 3.05) is 5.32 Å². The number of carboxylic acid groups (broad SMARTS) is 1. The maximum Gasteiger partial charge on any atom is 0.336 e. The lowest BCUT2D eigenvalue weighted by Crippen LogP contribution is -2.30. The third kappa shape index (κ3) is 1.93. The van der Waals surface area contributed by atoms with Gasteiger partial charge in [-0.25, -0.2) is 4.79 Å². The van der Waals surface area contributed by atoms with Gasteiger partial charge in [0.1, 0.15) is 0 Å². The highest BCUT2D eigenvalue weighted by Crippen LogP contribution is 2.50. The van der Waals surface area contributed by atoms with Gasteiger partial charge < -0.3 is 10.4 Å². The van der Waals surface area contributed by atoms with Crippen molar-refractivity contribution in [1.29, 1.82) is 0 Å². The van der Waals surface area contributed by atoms with Crippen LogP contribution in [0.3, 0.4) is 0 Å². The molecule has 1 heterocycles. The van der Waals surface area contributed by atoms with E-state index in [9.17, 15) is 9.90 Å². The number of benzene rings is 2. The summed E-state index contributed by atoms with van der Waals surface area (Å²) in [6.45, 7) is 0. The van der Waals surface area contributed by atoms with Crippen molar-refractivity contribution >= 4 is 11.7 Å². The van der Waals surface area contributed by atoms with Crippen molar-refractivity contribution in [3.63, 3.8) is 0 Å². The van der Waals surface area contributed by atoms with Crippen molar-refractivity contribution in [2.24, 2.45) is 5.92 Å². The molecule has 0 fully saturated rings. The van der Waals surface area contributed by atoms with Gasteiger partial charge in [0.05, 0.1) is 11.6 Å². The molecule has 4 rings (SSSR count). The fourth-order valence-electron chi connectivity index (χ4n) is 3.81. The molecule has 3 atom stereocenters. The van der Waals surface area contributed by atoms with Gasteiger partial charge in [-0.15, -0.1) is 0 Å². The number of hydrogen-bond donors (Lipinski definition) is 2. The summed E-state index contributed by atoms with van der Waals surface area (Å²) in [7, 11) is 0. The summed E-state index contributed by atoms with van der Waals surface area (Å²) in [6.07, 6.45) is 5.46. The molecule has 22 heavy (non-hydrogen) atoms. The standard InChI is InChI=1S/C19H17NO2/c21-19(22)16-8-2-1-7-15(16)18-14-10-5-9-12(14)13-6-3-4-11-17(13)20-18/h1-9,11-12,14,18,20H,10H2,(H,21,22)/t12-,14+,18+/m0/s1. The lowest BCUT2D eigenvalue weighted by Gasteiger charge is -2.38. The van der Waals surface area contributed by atoms with Gasteiger partial charge in [-0.3, -0.25) is 0 Å². The lowest BCUT2D eigenvalue weighted by molar-refractivity contribution is 0.0694. The van der Waals surface area contributed by atoms with Crippen LogP contribution in [0.15, 0.2) is 60.7 Å². The van der Waals surface area contributed by atoms with E-state index in [0.717, 1.165) is 17.7 Å². The molecule has 2 aromatic rings. The first-order valence-corrected chi connectivity index (χ1v) is 7.60. The van der Waals surface area contributed by atoms with Crippen LogP contribution >= 0.6 is 0 Å². The molecule has 0 saturated heterocycles. The second kappa shape index (κ2) is 5.02. The number of aromatic carboxylic acids is 1. The van der Waals surface area contributed by atoms with E-state index in [4.69, 9.17) is 0 Å². The Hall–Kier alpha value is -2.55. The van der Waals surface area contributed by atoms with Gasteiger partial charge in [-0.1, -0.05) is 48.6 Å². The average Bonchev–Trinajstić information content (AvgIpc) is 3.04. The summed E-state index contributed by atoms with van der Waals surface area (Å²) in [5.74, 6) is -0.126. The third-order valence-electron chi connectivity index (χ3n) is 4.80. The van der Waals surface area contributed by atoms with Crippen LogP contribution in [-0.4, -0.2) is 11.1 Å². The molecule has 0 unspecified atom stereocenters. The maximum absolute atomic E-state index is 11.6. The van der Waals surface area contributed by atoms with Gasteiger partial charge in [-0.2, -0.15) is 0 Å². The molecular formula is C19H17NO2. The molecule has 0 bridgehead atoms. The summed E-state index contributed by atoms with van der Waals surface area (Å²) in [5.41, 5.74) is 3.69. The van der Waals surface area contributed by atoms with Crippen molar-refractivity contribution in [2.45, 2.75) is 18.4 Å². The fraction of sp³-hybridized carbons (Fsp3) is 0.211. The van der Waals surface area contributed by atoms with Crippen LogP contribution in [0.1, 0.15) is 39.9 Å². The molecule has 3 heteroatoms. The van der Waals surface area contributed by atoms with E-state index >= 15 is 0 Å². The molecule has 2 N–H and O–H groups in total. The summed E-state index contributed by atoms with van der Waals surface area (Å²) in [5, 5.41) is 13.1. The number of carbonyl (C=O) groups is 1. The number of carboxylic acids is 1. The quantitative estimate of drug-likeness (QED) is 0.815. The first-order valence-electron chi connectivity index (χ1n) is 7.60. The Kier molecular flexibility index (Phi) is 3.00. The Labute approximate surface area is 129 Å². The number of nitrogens with one attached hydrogen (secondary N) is 1. The maximum atomic E-state index is 11.6. The number of anilines is 1. The minimum absolute atomic E-state index is 0.0298. The molecule has 2 aliphatic rings. The summed E-state index contributed by atoms with van der Waals surface area (Å²) >= 11 is 0. The van der Waals surface area contributed by atoms with Gasteiger partial charge in [-0.05, 0) is 35.6 Å². The topological polar surface area (TPSA) is 49.3 Å². The predicted molar refractivity (Wildman–Crippen MR) is 86.2 cm³/mol. The first-order chi connectivity index (χ1) is 10.8. The SMILES string of the molecule is O=C(O)c1ccccc1[C@@H]1Nc2ccccc2[C@@H]2C=CC[C@H]21. The fourth-order valence-corrected chi connectivity index (χ4v) is 3.81. The van der Waals surface area contributed by atoms with Crippen LogP contribution in [0.2, 0.25) is 0 Å². The normalized spacial score (nSPS) is 25.2. The van der Waals surface area contributed by atoms with Crippen LogP contribution in [0.5, 0.6) is 0 Å². The van der Waals surface area contributed by atoms with E-state index in [1.165, 1.54) is 5.56 Å². The van der Waals surface area contributed by atoms with E-state index in [2.05, 4.69) is 35.7 Å². The number of fused-ring (bicyclic) bond motifs is 3. The van der Waals surface area contributed by atoms with Crippen LogP contribution in [0.4, 0.5) is 5.69 Å². The summed E-state index contributed by atoms with van der Waals surface area (Å²) in [4.78, 5) is 11.6. The molecule has 0 amide bonds. The molecule has 110 valence electrons. The first kappa shape index (κ1) is 13.1. The zero-order valence-corrected chi connectivity index (χ0v) is 12.1. The zero-order valence-electron chi connectivity index (χ0n) is 12.1. The molecule has 1 aliphatic heterocycles. The van der Waals surface area contributed by atoms with Gasteiger partial charge in [0.2, 0.25) is 0 Å². The molecule has 3 nitrogen and oxygen atoms in total. The number of para-hydroxylation sites is 1. The van der Waals surface area contributed by atoms with E-state index in [1.54, 1.807) is 12.1 Å². The second-order valence-electron chi connectivity index (χ2n) is 5.96. The monoisotopic (exact) mass is 291 g/mol. The Bertz CT molecular complexity index is 766. The predicted octanol–water partition coefficient (Wildman–Crippen LogP) is 4.21. The number of hydrogen-bond acceptors (Lipinski definition) is 2. The highest BCUT2D eigenvalue weighted by molar-refractivity contribution is 5.89. The molecule has 0 aromatic heterocycles. The third-order valence-corrected chi connectivity index (χ3v) is 4.80. The van der Waals surface area contributed by atoms with Crippen LogP contribution in [0.25, 0.3) is 0 Å². The zero-order chi connectivity index (χ0) is 15.1. The van der Waals surface area contributed by atoms with Crippen molar-refractivity contribution in [3.8, 4) is 0 Å². The van der Waals surface area contributed by atoms with Crippen LogP contribution in [-0.2, 0) is 0 Å². The van der Waals surface area contributed by atoms with Crippen LogP contribution < -0.4 is 5.32 Å². The van der Waals surface area contributed by atoms with Gasteiger partial charge >= 0.3 is 5.97 Å². The van der Waals surface area contributed by atoms with Gasteiger partial charge in [0.25, 0.3) is 0 Å². The molecule has 0 spiro atoms. The average molecular weight is 291 g/mol. The summed E-state index contributed by atoms with van der Waals surface area (Å²) in [6, 6.07) is 15.7. The van der Waals surface area contributed by atoms with Crippen molar-refractivity contribution < 1.29 is 9.90 Å². The molecule has 0 saturated carbocycles. The smallest absolute Gasteiger partial charge is 0.336 e. The van der Waals surface area contributed by atoms with E-state index in [1.807, 2.05) is 18.2 Å². The van der Waals surface area contributed by atoms with Gasteiger partial charge in [0, 0.05) is 11.6 Å². The highest BCUT2D eigenvalue weighted by atomic mass is 16.4. The van der Waals surface area contributed by atoms with Crippen molar-refractivity contribution in [1.82, 2.24) is 0 Å². The largest absolute Gasteiger partial charge is 0.478 e. The summed E-state index contributed by atoms with van der Waals surface area (Å²) < 4.78 is 0. The molecule has 1 aliphatic carbocycles. The van der Waals surface area contributed by atoms with E-state index in [0.29, 0.717) is 17.4 Å². The molecular weight excluding hydrogens is 274 g/mol. The minimum atomic E-state index is -0.862. The Morgan fingerprint density at radius 3 is 2.59 bits per heavy atom. The molecule has 0 radical (unpaired) electrons. The highest BCUT2D eigenvalue weighted by Gasteiger charge is 2.38. The van der Waals surface area contributed by atoms with E-state index in [-0.39, 0.29) is 6.04 Å². The van der Waals surface area contributed by atoms with Gasteiger partial charge in [0.15, 0.2) is 0 Å². The molecule has 2 aromatic carbocycles. The minimum Gasteiger partial charge on any atom is -0.478 e. The lowest BCUT2D eigenvalue weighted by atomic mass is 9.76. The second-order valence-corrected chi connectivity index (χ2v) is 5.96. The number of rotatable bonds is 2. The van der Waals surface area contributed by atoms with Crippen LogP contribution in [0, 0.1) is 5.92 Å². The number of allylic oxidation sites excluding steroid dienone is 2. The van der Waals surface area contributed by atoms with E-state index < -0.39 is 5.97 Å².